The SMILES string of the molecule is O=C1c2cc(O[C@H]3O[C@@H](CO)[C@H](O)[C@@H](O)[C@@H]3O)c(CO)cc2C(=O)c2c(O)cccc21. The summed E-state index contributed by atoms with van der Waals surface area (Å²) in [5.41, 5.74) is -0.126. The molecule has 31 heavy (non-hydrogen) atoms. The third-order valence-corrected chi connectivity index (χ3v) is 5.47. The summed E-state index contributed by atoms with van der Waals surface area (Å²) in [5, 5.41) is 59.1. The predicted molar refractivity (Wildman–Crippen MR) is 102 cm³/mol. The van der Waals surface area contributed by atoms with Crippen molar-refractivity contribution in [2.24, 2.45) is 0 Å². The van der Waals surface area contributed by atoms with Gasteiger partial charge in [-0.05, 0) is 18.2 Å². The molecule has 1 fully saturated rings. The molecular weight excluding hydrogens is 412 g/mol. The zero-order valence-electron chi connectivity index (χ0n) is 16.0. The highest BCUT2D eigenvalue weighted by molar-refractivity contribution is 6.29. The van der Waals surface area contributed by atoms with Gasteiger partial charge in [0.1, 0.15) is 35.9 Å². The predicted octanol–water partition coefficient (Wildman–Crippen LogP) is -1.16. The molecule has 10 nitrogen and oxygen atoms in total. The van der Waals surface area contributed by atoms with Gasteiger partial charge in [0.15, 0.2) is 11.6 Å². The number of rotatable bonds is 4. The molecule has 0 unspecified atom stereocenters. The van der Waals surface area contributed by atoms with Crippen molar-refractivity contribution in [2.75, 3.05) is 6.61 Å². The van der Waals surface area contributed by atoms with Crippen molar-refractivity contribution in [1.82, 2.24) is 0 Å². The van der Waals surface area contributed by atoms with E-state index < -0.39 is 55.5 Å². The van der Waals surface area contributed by atoms with Gasteiger partial charge in [-0.3, -0.25) is 9.59 Å². The van der Waals surface area contributed by atoms with E-state index in [0.717, 1.165) is 0 Å². The fourth-order valence-corrected chi connectivity index (χ4v) is 3.77. The Bertz CT molecular complexity index is 1050. The maximum absolute atomic E-state index is 12.9. The Morgan fingerprint density at radius 2 is 1.61 bits per heavy atom. The average Bonchev–Trinajstić information content (AvgIpc) is 2.77. The summed E-state index contributed by atoms with van der Waals surface area (Å²) in [6.45, 7) is -1.26. The van der Waals surface area contributed by atoms with Gasteiger partial charge in [-0.25, -0.2) is 0 Å². The normalized spacial score (nSPS) is 27.6. The summed E-state index contributed by atoms with van der Waals surface area (Å²) in [6, 6.07) is 6.56. The van der Waals surface area contributed by atoms with Crippen LogP contribution in [0, 0.1) is 0 Å². The topological polar surface area (TPSA) is 174 Å². The Hall–Kier alpha value is -2.86. The lowest BCUT2D eigenvalue weighted by molar-refractivity contribution is -0.277. The van der Waals surface area contributed by atoms with Crippen molar-refractivity contribution in [3.63, 3.8) is 0 Å². The molecule has 2 aromatic carbocycles. The first kappa shape index (κ1) is 21.4. The van der Waals surface area contributed by atoms with Gasteiger partial charge in [0.2, 0.25) is 6.29 Å². The number of carbonyl (C=O) groups excluding carboxylic acids is 2. The maximum atomic E-state index is 12.9. The number of aromatic hydroxyl groups is 1. The van der Waals surface area contributed by atoms with Crippen molar-refractivity contribution in [1.29, 1.82) is 0 Å². The Morgan fingerprint density at radius 1 is 0.903 bits per heavy atom. The summed E-state index contributed by atoms with van der Waals surface area (Å²) < 4.78 is 10.9. The van der Waals surface area contributed by atoms with Crippen LogP contribution in [0.4, 0.5) is 0 Å². The minimum Gasteiger partial charge on any atom is -0.507 e. The zero-order valence-corrected chi connectivity index (χ0v) is 16.0. The number of carbonyl (C=O) groups is 2. The summed E-state index contributed by atoms with van der Waals surface area (Å²) in [6.07, 6.45) is -7.70. The van der Waals surface area contributed by atoms with E-state index in [1.165, 1.54) is 30.3 Å². The highest BCUT2D eigenvalue weighted by atomic mass is 16.7. The minimum absolute atomic E-state index is 0.00744. The van der Waals surface area contributed by atoms with Crippen LogP contribution < -0.4 is 4.74 Å². The molecule has 0 spiro atoms. The monoisotopic (exact) mass is 432 g/mol. The molecular formula is C21H20O10. The molecule has 1 heterocycles. The number of fused-ring (bicyclic) bond motifs is 2. The first-order valence-corrected chi connectivity index (χ1v) is 9.44. The Balaban J connectivity index is 1.74. The van der Waals surface area contributed by atoms with Gasteiger partial charge in [0.25, 0.3) is 0 Å². The molecule has 5 atom stereocenters. The highest BCUT2D eigenvalue weighted by Crippen LogP contribution is 2.36. The Labute approximate surface area is 175 Å². The molecule has 2 aliphatic rings. The first-order chi connectivity index (χ1) is 14.8. The molecule has 0 radical (unpaired) electrons. The van der Waals surface area contributed by atoms with Crippen LogP contribution in [0.15, 0.2) is 30.3 Å². The lowest BCUT2D eigenvalue weighted by Crippen LogP contribution is -2.60. The van der Waals surface area contributed by atoms with Crippen LogP contribution in [0.25, 0.3) is 0 Å². The van der Waals surface area contributed by atoms with Crippen molar-refractivity contribution in [3.8, 4) is 11.5 Å². The fraction of sp³-hybridized carbons (Fsp3) is 0.333. The molecule has 6 N–H and O–H groups in total. The fourth-order valence-electron chi connectivity index (χ4n) is 3.77. The maximum Gasteiger partial charge on any atom is 0.229 e. The second kappa shape index (κ2) is 8.00. The number of aliphatic hydroxyl groups excluding tert-OH is 5. The molecule has 1 aliphatic carbocycles. The number of ether oxygens (including phenoxy) is 2. The number of phenols is 1. The molecule has 1 saturated heterocycles. The Morgan fingerprint density at radius 3 is 2.29 bits per heavy atom. The van der Waals surface area contributed by atoms with Gasteiger partial charge >= 0.3 is 0 Å². The van der Waals surface area contributed by atoms with Crippen LogP contribution in [-0.2, 0) is 11.3 Å². The van der Waals surface area contributed by atoms with E-state index in [4.69, 9.17) is 9.47 Å². The van der Waals surface area contributed by atoms with Gasteiger partial charge in [0.05, 0.1) is 18.8 Å². The molecule has 0 aromatic heterocycles. The number of hydrogen-bond acceptors (Lipinski definition) is 10. The molecule has 0 amide bonds. The van der Waals surface area contributed by atoms with Gasteiger partial charge < -0.3 is 40.1 Å². The van der Waals surface area contributed by atoms with Crippen molar-refractivity contribution < 1.29 is 49.7 Å². The smallest absolute Gasteiger partial charge is 0.229 e. The second-order valence-electron chi connectivity index (χ2n) is 7.34. The van der Waals surface area contributed by atoms with Crippen LogP contribution in [-0.4, -0.2) is 79.5 Å². The third kappa shape index (κ3) is 3.39. The average molecular weight is 432 g/mol. The van der Waals surface area contributed by atoms with Crippen LogP contribution >= 0.6 is 0 Å². The molecule has 0 saturated carbocycles. The summed E-state index contributed by atoms with van der Waals surface area (Å²) in [4.78, 5) is 25.8. The largest absolute Gasteiger partial charge is 0.507 e. The van der Waals surface area contributed by atoms with Crippen molar-refractivity contribution >= 4 is 11.6 Å². The van der Waals surface area contributed by atoms with E-state index in [2.05, 4.69) is 0 Å². The molecule has 1 aliphatic heterocycles. The summed E-state index contributed by atoms with van der Waals surface area (Å²) in [7, 11) is 0. The van der Waals surface area contributed by atoms with Crippen molar-refractivity contribution in [2.45, 2.75) is 37.3 Å². The van der Waals surface area contributed by atoms with E-state index in [0.29, 0.717) is 0 Å². The van der Waals surface area contributed by atoms with Gasteiger partial charge in [-0.1, -0.05) is 12.1 Å². The molecule has 2 aromatic rings. The lowest BCUT2D eigenvalue weighted by Gasteiger charge is -2.39. The third-order valence-electron chi connectivity index (χ3n) is 5.47. The summed E-state index contributed by atoms with van der Waals surface area (Å²) in [5.74, 6) is -1.59. The molecule has 10 heteroatoms. The second-order valence-corrected chi connectivity index (χ2v) is 7.34. The standard InChI is InChI=1S/C21H20O10/c22-6-8-4-10-11(16(25)9-2-1-3-12(24)15(9)17(10)26)5-13(8)30-21-20(29)19(28)18(27)14(7-23)31-21/h1-5,14,18-24,27-29H,6-7H2/t14-,18-,19+,20-,21-/m0/s1. The Kier molecular flexibility index (Phi) is 5.52. The number of aliphatic hydroxyl groups is 5. The summed E-state index contributed by atoms with van der Waals surface area (Å²) >= 11 is 0. The highest BCUT2D eigenvalue weighted by Gasteiger charge is 2.45. The van der Waals surface area contributed by atoms with E-state index in [1.807, 2.05) is 0 Å². The number of phenolic OH excluding ortho intramolecular Hbond substituents is 1. The van der Waals surface area contributed by atoms with E-state index in [-0.39, 0.29) is 39.3 Å². The van der Waals surface area contributed by atoms with Crippen molar-refractivity contribution in [3.05, 3.63) is 58.1 Å². The van der Waals surface area contributed by atoms with E-state index in [1.54, 1.807) is 0 Å². The van der Waals surface area contributed by atoms with Crippen LogP contribution in [0.3, 0.4) is 0 Å². The quantitative estimate of drug-likeness (QED) is 0.295. The molecule has 4 rings (SSSR count). The van der Waals surface area contributed by atoms with E-state index in [9.17, 15) is 40.2 Å². The number of benzene rings is 2. The zero-order chi connectivity index (χ0) is 22.4. The van der Waals surface area contributed by atoms with Gasteiger partial charge in [-0.15, -0.1) is 0 Å². The van der Waals surface area contributed by atoms with Gasteiger partial charge in [0, 0.05) is 22.3 Å². The number of hydrogen-bond donors (Lipinski definition) is 6. The molecule has 0 bridgehead atoms. The lowest BCUT2D eigenvalue weighted by atomic mass is 9.82. The van der Waals surface area contributed by atoms with Crippen LogP contribution in [0.2, 0.25) is 0 Å². The van der Waals surface area contributed by atoms with E-state index >= 15 is 0 Å². The number of ketones is 2. The van der Waals surface area contributed by atoms with Crippen LogP contribution in [0.1, 0.15) is 37.4 Å². The van der Waals surface area contributed by atoms with Gasteiger partial charge in [-0.2, -0.15) is 0 Å². The minimum atomic E-state index is -1.70. The van der Waals surface area contributed by atoms with Crippen LogP contribution in [0.5, 0.6) is 11.5 Å². The molecule has 164 valence electrons. The first-order valence-electron chi connectivity index (χ1n) is 9.44.